The maximum Gasteiger partial charge on any atom is 0.264 e. The lowest BCUT2D eigenvalue weighted by Crippen LogP contribution is -2.39. The van der Waals surface area contributed by atoms with Gasteiger partial charge < -0.3 is 15.4 Å². The lowest BCUT2D eigenvalue weighted by molar-refractivity contribution is -0.114. The molecule has 0 radical (unpaired) electrons. The normalized spacial score (nSPS) is 15.2. The fraction of sp³-hybridized carbons (Fsp3) is 0.286. The van der Waals surface area contributed by atoms with Gasteiger partial charge in [-0.15, -0.1) is 0 Å². The molecule has 0 saturated carbocycles. The molecular formula is C28H31N3O5S. The van der Waals surface area contributed by atoms with Crippen molar-refractivity contribution in [1.82, 2.24) is 5.32 Å². The van der Waals surface area contributed by atoms with Gasteiger partial charge in [-0.3, -0.25) is 13.9 Å². The maximum atomic E-state index is 13.6. The molecule has 0 aliphatic carbocycles. The summed E-state index contributed by atoms with van der Waals surface area (Å²) in [6.45, 7) is 4.27. The molecule has 1 atom stereocenters. The zero-order chi connectivity index (χ0) is 26.4. The minimum atomic E-state index is -4.05. The van der Waals surface area contributed by atoms with E-state index in [4.69, 9.17) is 4.74 Å². The number of ether oxygens (including phenoxy) is 1. The van der Waals surface area contributed by atoms with Crippen molar-refractivity contribution in [2.75, 3.05) is 29.3 Å². The number of carbonyl (C=O) groups excluding carboxylic acids is 2. The summed E-state index contributed by atoms with van der Waals surface area (Å²) in [5.41, 5.74) is 2.63. The second-order valence-electron chi connectivity index (χ2n) is 9.05. The molecule has 0 bridgehead atoms. The molecule has 9 heteroatoms. The highest BCUT2D eigenvalue weighted by molar-refractivity contribution is 7.92. The Morgan fingerprint density at radius 2 is 1.68 bits per heavy atom. The lowest BCUT2D eigenvalue weighted by Gasteiger charge is -2.26. The number of benzene rings is 3. The third-order valence-electron chi connectivity index (χ3n) is 6.24. The molecule has 0 spiro atoms. The van der Waals surface area contributed by atoms with Crippen LogP contribution in [0, 0.1) is 13.8 Å². The fourth-order valence-electron chi connectivity index (χ4n) is 4.20. The number of hydrogen-bond acceptors (Lipinski definition) is 5. The van der Waals surface area contributed by atoms with Crippen LogP contribution in [0.4, 0.5) is 11.4 Å². The van der Waals surface area contributed by atoms with Crippen LogP contribution >= 0.6 is 0 Å². The van der Waals surface area contributed by atoms with Crippen molar-refractivity contribution >= 4 is 33.2 Å². The van der Waals surface area contributed by atoms with Gasteiger partial charge in [0.25, 0.3) is 15.9 Å². The first-order chi connectivity index (χ1) is 17.8. The predicted molar refractivity (Wildman–Crippen MR) is 143 cm³/mol. The quantitative estimate of drug-likeness (QED) is 0.442. The number of rotatable bonds is 9. The average Bonchev–Trinajstić information content (AvgIpc) is 3.41. The molecule has 0 unspecified atom stereocenters. The van der Waals surface area contributed by atoms with E-state index in [-0.39, 0.29) is 22.5 Å². The topological polar surface area (TPSA) is 105 Å². The minimum Gasteiger partial charge on any atom is -0.376 e. The number of anilines is 2. The van der Waals surface area contributed by atoms with E-state index in [1.807, 2.05) is 6.92 Å². The molecule has 194 valence electrons. The third kappa shape index (κ3) is 6.36. The summed E-state index contributed by atoms with van der Waals surface area (Å²) in [5, 5.41) is 5.59. The Kier molecular flexibility index (Phi) is 8.25. The molecule has 3 aromatic rings. The van der Waals surface area contributed by atoms with Crippen LogP contribution in [0.2, 0.25) is 0 Å². The summed E-state index contributed by atoms with van der Waals surface area (Å²) in [4.78, 5) is 26.1. The van der Waals surface area contributed by atoms with Gasteiger partial charge in [-0.2, -0.15) is 0 Å². The fourth-order valence-corrected chi connectivity index (χ4v) is 5.68. The highest BCUT2D eigenvalue weighted by Crippen LogP contribution is 2.27. The maximum absolute atomic E-state index is 13.6. The van der Waals surface area contributed by atoms with Crippen LogP contribution in [-0.4, -0.2) is 46.0 Å². The van der Waals surface area contributed by atoms with E-state index in [0.29, 0.717) is 30.1 Å². The molecule has 1 fully saturated rings. The van der Waals surface area contributed by atoms with Gasteiger partial charge in [0.05, 0.1) is 27.9 Å². The molecule has 2 N–H and O–H groups in total. The Balaban J connectivity index is 1.56. The highest BCUT2D eigenvalue weighted by Gasteiger charge is 2.28. The first kappa shape index (κ1) is 26.4. The summed E-state index contributed by atoms with van der Waals surface area (Å²) < 4.78 is 33.9. The van der Waals surface area contributed by atoms with Gasteiger partial charge >= 0.3 is 0 Å². The number of nitrogens with one attached hydrogen (secondary N) is 2. The minimum absolute atomic E-state index is 0.0136. The van der Waals surface area contributed by atoms with Gasteiger partial charge in [-0.1, -0.05) is 48.0 Å². The zero-order valence-electron chi connectivity index (χ0n) is 20.9. The monoisotopic (exact) mass is 521 g/mol. The lowest BCUT2D eigenvalue weighted by atomic mass is 10.1. The van der Waals surface area contributed by atoms with Crippen LogP contribution < -0.4 is 14.9 Å². The molecular weight excluding hydrogens is 490 g/mol. The van der Waals surface area contributed by atoms with E-state index in [1.165, 1.54) is 12.1 Å². The van der Waals surface area contributed by atoms with E-state index in [2.05, 4.69) is 10.6 Å². The Morgan fingerprint density at radius 3 is 2.38 bits per heavy atom. The number of amides is 2. The highest BCUT2D eigenvalue weighted by atomic mass is 32.2. The Morgan fingerprint density at radius 1 is 0.973 bits per heavy atom. The first-order valence-electron chi connectivity index (χ1n) is 12.2. The number of nitrogens with zero attached hydrogens (tertiary/aromatic N) is 1. The van der Waals surface area contributed by atoms with Crippen molar-refractivity contribution < 1.29 is 22.7 Å². The summed E-state index contributed by atoms with van der Waals surface area (Å²) in [6, 6.07) is 20.1. The largest absolute Gasteiger partial charge is 0.376 e. The predicted octanol–water partition coefficient (Wildman–Crippen LogP) is 4.05. The molecule has 1 heterocycles. The molecule has 4 rings (SSSR count). The third-order valence-corrected chi connectivity index (χ3v) is 8.01. The Bertz CT molecular complexity index is 1370. The molecule has 37 heavy (non-hydrogen) atoms. The molecule has 1 saturated heterocycles. The smallest absolute Gasteiger partial charge is 0.264 e. The molecule has 1 aliphatic heterocycles. The van der Waals surface area contributed by atoms with Crippen molar-refractivity contribution in [3.63, 3.8) is 0 Å². The van der Waals surface area contributed by atoms with Crippen molar-refractivity contribution in [3.8, 4) is 0 Å². The Labute approximate surface area is 217 Å². The van der Waals surface area contributed by atoms with E-state index >= 15 is 0 Å². The van der Waals surface area contributed by atoms with Crippen molar-refractivity contribution in [1.29, 1.82) is 0 Å². The number of hydrogen-bond donors (Lipinski definition) is 2. The zero-order valence-corrected chi connectivity index (χ0v) is 21.8. The standard InChI is InChI=1S/C28H31N3O5S/c1-20-13-15-23(16-14-20)37(34,35)31(26-12-6-3-8-21(26)2)19-27(32)30-25-11-5-4-10-24(25)28(33)29-18-22-9-7-17-36-22/h3-6,8,10-16,22H,7,9,17-19H2,1-2H3,(H,29,33)(H,30,32)/t22-/m0/s1. The van der Waals surface area contributed by atoms with Gasteiger partial charge in [-0.05, 0) is 62.6 Å². The van der Waals surface area contributed by atoms with Crippen LogP contribution in [0.15, 0.2) is 77.7 Å². The van der Waals surface area contributed by atoms with E-state index in [0.717, 1.165) is 22.7 Å². The molecule has 3 aromatic carbocycles. The number of carbonyl (C=O) groups is 2. The van der Waals surface area contributed by atoms with Gasteiger partial charge in [-0.25, -0.2) is 8.42 Å². The van der Waals surface area contributed by atoms with Crippen LogP contribution in [0.3, 0.4) is 0 Å². The van der Waals surface area contributed by atoms with Crippen molar-refractivity contribution in [3.05, 3.63) is 89.5 Å². The van der Waals surface area contributed by atoms with Gasteiger partial charge in [0.2, 0.25) is 5.91 Å². The Hall–Kier alpha value is -3.69. The second-order valence-corrected chi connectivity index (χ2v) is 10.9. The van der Waals surface area contributed by atoms with Crippen molar-refractivity contribution in [2.24, 2.45) is 0 Å². The molecule has 2 amide bonds. The molecule has 1 aliphatic rings. The average molecular weight is 522 g/mol. The van der Waals surface area contributed by atoms with Crippen molar-refractivity contribution in [2.45, 2.75) is 37.7 Å². The van der Waals surface area contributed by atoms with Crippen LogP contribution in [0.1, 0.15) is 34.3 Å². The summed E-state index contributed by atoms with van der Waals surface area (Å²) in [7, 11) is -4.05. The number of aryl methyl sites for hydroxylation is 2. The number of para-hydroxylation sites is 2. The number of sulfonamides is 1. The summed E-state index contributed by atoms with van der Waals surface area (Å²) in [6.07, 6.45) is 1.85. The van der Waals surface area contributed by atoms with Crippen LogP contribution in [0.5, 0.6) is 0 Å². The molecule has 0 aromatic heterocycles. The van der Waals surface area contributed by atoms with Gasteiger partial charge in [0.1, 0.15) is 6.54 Å². The summed E-state index contributed by atoms with van der Waals surface area (Å²) in [5.74, 6) is -0.909. The van der Waals surface area contributed by atoms with E-state index in [9.17, 15) is 18.0 Å². The van der Waals surface area contributed by atoms with E-state index < -0.39 is 22.5 Å². The SMILES string of the molecule is Cc1ccc(S(=O)(=O)N(CC(=O)Nc2ccccc2C(=O)NC[C@@H]2CCCO2)c2ccccc2C)cc1. The second kappa shape index (κ2) is 11.6. The molecule has 8 nitrogen and oxygen atoms in total. The van der Waals surface area contributed by atoms with Gasteiger partial charge in [0, 0.05) is 13.2 Å². The first-order valence-corrected chi connectivity index (χ1v) is 13.6. The van der Waals surface area contributed by atoms with E-state index in [1.54, 1.807) is 67.6 Å². The van der Waals surface area contributed by atoms with Crippen LogP contribution in [0.25, 0.3) is 0 Å². The van der Waals surface area contributed by atoms with Crippen LogP contribution in [-0.2, 0) is 19.6 Å². The van der Waals surface area contributed by atoms with Gasteiger partial charge in [0.15, 0.2) is 0 Å². The summed E-state index contributed by atoms with van der Waals surface area (Å²) >= 11 is 0.